The smallest absolute Gasteiger partial charge is 0.126 e. The summed E-state index contributed by atoms with van der Waals surface area (Å²) >= 11 is 0. The molecule has 1 aromatic carbocycles. The number of benzene rings is 1. The molecule has 0 aliphatic heterocycles. The fourth-order valence-electron chi connectivity index (χ4n) is 2.28. The fraction of sp³-hybridized carbons (Fsp3) is 0.176. The Kier molecular flexibility index (Phi) is 3.52. The molecular formula is C17H16FN3. The van der Waals surface area contributed by atoms with Gasteiger partial charge in [-0.15, -0.1) is 0 Å². The van der Waals surface area contributed by atoms with Crippen molar-refractivity contribution in [1.82, 2.24) is 14.8 Å². The Balaban J connectivity index is 1.91. The van der Waals surface area contributed by atoms with Crippen LogP contribution in [0.1, 0.15) is 16.7 Å². The highest BCUT2D eigenvalue weighted by Gasteiger charge is 2.06. The van der Waals surface area contributed by atoms with E-state index in [4.69, 9.17) is 0 Å². The Hall–Kier alpha value is -2.49. The summed E-state index contributed by atoms with van der Waals surface area (Å²) in [5.74, 6) is -0.189. The first-order chi connectivity index (χ1) is 10.1. The molecule has 0 saturated heterocycles. The summed E-state index contributed by atoms with van der Waals surface area (Å²) in [6.45, 7) is 4.52. The molecule has 0 N–H and O–H groups in total. The molecule has 0 unspecified atom stereocenters. The van der Waals surface area contributed by atoms with Crippen molar-refractivity contribution in [3.05, 3.63) is 71.4 Å². The van der Waals surface area contributed by atoms with Crippen LogP contribution in [0.4, 0.5) is 4.39 Å². The van der Waals surface area contributed by atoms with Gasteiger partial charge in [-0.25, -0.2) is 4.39 Å². The average Bonchev–Trinajstić information content (AvgIpc) is 2.97. The Labute approximate surface area is 123 Å². The first-order valence-electron chi connectivity index (χ1n) is 6.83. The van der Waals surface area contributed by atoms with E-state index in [0.717, 1.165) is 22.4 Å². The van der Waals surface area contributed by atoms with E-state index in [1.165, 1.54) is 6.07 Å². The summed E-state index contributed by atoms with van der Waals surface area (Å²) in [6.07, 6.45) is 5.56. The van der Waals surface area contributed by atoms with E-state index in [0.29, 0.717) is 12.1 Å². The van der Waals surface area contributed by atoms with Crippen LogP contribution in [-0.4, -0.2) is 14.8 Å². The van der Waals surface area contributed by atoms with Crippen molar-refractivity contribution < 1.29 is 4.39 Å². The van der Waals surface area contributed by atoms with Crippen LogP contribution < -0.4 is 0 Å². The van der Waals surface area contributed by atoms with Crippen molar-refractivity contribution in [3.8, 4) is 11.3 Å². The summed E-state index contributed by atoms with van der Waals surface area (Å²) in [7, 11) is 0. The van der Waals surface area contributed by atoms with Crippen molar-refractivity contribution in [2.24, 2.45) is 0 Å². The number of aromatic nitrogens is 3. The molecule has 106 valence electrons. The van der Waals surface area contributed by atoms with Crippen molar-refractivity contribution in [1.29, 1.82) is 0 Å². The molecule has 4 heteroatoms. The molecule has 2 heterocycles. The molecule has 0 saturated carbocycles. The predicted molar refractivity (Wildman–Crippen MR) is 80.4 cm³/mol. The van der Waals surface area contributed by atoms with Gasteiger partial charge in [0.25, 0.3) is 0 Å². The number of aryl methyl sites for hydroxylation is 2. The Morgan fingerprint density at radius 1 is 1.14 bits per heavy atom. The molecule has 3 aromatic rings. The zero-order valence-corrected chi connectivity index (χ0v) is 12.0. The molecule has 0 fully saturated rings. The van der Waals surface area contributed by atoms with Crippen molar-refractivity contribution in [2.45, 2.75) is 20.4 Å². The van der Waals surface area contributed by atoms with Gasteiger partial charge < -0.3 is 0 Å². The molecule has 0 radical (unpaired) electrons. The van der Waals surface area contributed by atoms with Gasteiger partial charge in [0.05, 0.1) is 12.2 Å². The molecule has 0 amide bonds. The van der Waals surface area contributed by atoms with E-state index in [2.05, 4.69) is 17.0 Å². The van der Waals surface area contributed by atoms with Crippen LogP contribution in [0, 0.1) is 19.7 Å². The highest BCUT2D eigenvalue weighted by atomic mass is 19.1. The summed E-state index contributed by atoms with van der Waals surface area (Å²) in [5.41, 5.74) is 4.70. The Morgan fingerprint density at radius 2 is 2.00 bits per heavy atom. The topological polar surface area (TPSA) is 30.7 Å². The number of nitrogens with zero attached hydrogens (tertiary/aromatic N) is 3. The van der Waals surface area contributed by atoms with E-state index < -0.39 is 0 Å². The minimum absolute atomic E-state index is 0.189. The van der Waals surface area contributed by atoms with E-state index in [1.807, 2.05) is 35.3 Å². The van der Waals surface area contributed by atoms with Gasteiger partial charge >= 0.3 is 0 Å². The highest BCUT2D eigenvalue weighted by molar-refractivity contribution is 5.61. The minimum atomic E-state index is -0.189. The number of hydrogen-bond acceptors (Lipinski definition) is 2. The van der Waals surface area contributed by atoms with E-state index in [9.17, 15) is 4.39 Å². The van der Waals surface area contributed by atoms with Crippen LogP contribution in [0.15, 0.2) is 48.9 Å². The lowest BCUT2D eigenvalue weighted by Gasteiger charge is -2.09. The predicted octanol–water partition coefficient (Wildman–Crippen LogP) is 3.75. The van der Waals surface area contributed by atoms with Crippen molar-refractivity contribution in [3.63, 3.8) is 0 Å². The van der Waals surface area contributed by atoms with Gasteiger partial charge in [-0.05, 0) is 60.9 Å². The third-order valence-electron chi connectivity index (χ3n) is 3.56. The second-order valence-corrected chi connectivity index (χ2v) is 5.16. The lowest BCUT2D eigenvalue weighted by Crippen LogP contribution is -2.03. The summed E-state index contributed by atoms with van der Waals surface area (Å²) in [5, 5.41) is 4.20. The zero-order chi connectivity index (χ0) is 14.8. The largest absolute Gasteiger partial charge is 0.268 e. The molecule has 0 atom stereocenters. The lowest BCUT2D eigenvalue weighted by atomic mass is 10.0. The van der Waals surface area contributed by atoms with Gasteiger partial charge in [-0.3, -0.25) is 9.67 Å². The van der Waals surface area contributed by atoms with Crippen molar-refractivity contribution >= 4 is 0 Å². The number of halogens is 1. The first-order valence-corrected chi connectivity index (χ1v) is 6.83. The number of rotatable bonds is 3. The normalized spacial score (nSPS) is 10.8. The van der Waals surface area contributed by atoms with Gasteiger partial charge in [-0.1, -0.05) is 0 Å². The third-order valence-corrected chi connectivity index (χ3v) is 3.56. The Bertz CT molecular complexity index is 764. The zero-order valence-electron chi connectivity index (χ0n) is 12.0. The molecule has 3 rings (SSSR count). The first kappa shape index (κ1) is 13.5. The van der Waals surface area contributed by atoms with Gasteiger partial charge in [0.2, 0.25) is 0 Å². The SMILES string of the molecule is Cc1cc(-c2cc(C)c(Cn3cccn3)cn2)ccc1F. The van der Waals surface area contributed by atoms with E-state index >= 15 is 0 Å². The quantitative estimate of drug-likeness (QED) is 0.732. The van der Waals surface area contributed by atoms with Gasteiger partial charge in [0.1, 0.15) is 5.82 Å². The van der Waals surface area contributed by atoms with Gasteiger partial charge in [0.15, 0.2) is 0 Å². The fourth-order valence-corrected chi connectivity index (χ4v) is 2.28. The maximum atomic E-state index is 13.3. The minimum Gasteiger partial charge on any atom is -0.268 e. The van der Waals surface area contributed by atoms with Crippen LogP contribution >= 0.6 is 0 Å². The van der Waals surface area contributed by atoms with Crippen LogP contribution in [0.2, 0.25) is 0 Å². The standard InChI is InChI=1S/C17H16FN3/c1-12-9-17(14-4-5-16(18)13(2)8-14)19-10-15(12)11-21-7-3-6-20-21/h3-10H,11H2,1-2H3. The van der Waals surface area contributed by atoms with Crippen LogP contribution in [0.5, 0.6) is 0 Å². The second kappa shape index (κ2) is 5.48. The maximum absolute atomic E-state index is 13.3. The average molecular weight is 281 g/mol. The molecule has 0 aliphatic rings. The summed E-state index contributed by atoms with van der Waals surface area (Å²) in [4.78, 5) is 4.50. The van der Waals surface area contributed by atoms with Crippen LogP contribution in [0.3, 0.4) is 0 Å². The molecule has 3 nitrogen and oxygen atoms in total. The molecule has 21 heavy (non-hydrogen) atoms. The molecule has 0 spiro atoms. The Morgan fingerprint density at radius 3 is 2.67 bits per heavy atom. The summed E-state index contributed by atoms with van der Waals surface area (Å²) in [6, 6.07) is 9.00. The molecule has 2 aromatic heterocycles. The number of hydrogen-bond donors (Lipinski definition) is 0. The van der Waals surface area contributed by atoms with Crippen LogP contribution in [-0.2, 0) is 6.54 Å². The lowest BCUT2D eigenvalue weighted by molar-refractivity contribution is 0.619. The summed E-state index contributed by atoms with van der Waals surface area (Å²) < 4.78 is 15.2. The monoisotopic (exact) mass is 281 g/mol. The second-order valence-electron chi connectivity index (χ2n) is 5.16. The number of pyridine rings is 1. The van der Waals surface area contributed by atoms with Crippen molar-refractivity contribution in [2.75, 3.05) is 0 Å². The highest BCUT2D eigenvalue weighted by Crippen LogP contribution is 2.22. The van der Waals surface area contributed by atoms with E-state index in [-0.39, 0.29) is 5.82 Å². The third kappa shape index (κ3) is 2.84. The van der Waals surface area contributed by atoms with Crippen LogP contribution in [0.25, 0.3) is 11.3 Å². The maximum Gasteiger partial charge on any atom is 0.126 e. The molecule has 0 bridgehead atoms. The van der Waals surface area contributed by atoms with E-state index in [1.54, 1.807) is 19.2 Å². The van der Waals surface area contributed by atoms with Gasteiger partial charge in [-0.2, -0.15) is 5.10 Å². The molecule has 0 aliphatic carbocycles. The molecular weight excluding hydrogens is 265 g/mol. The van der Waals surface area contributed by atoms with Gasteiger partial charge in [0, 0.05) is 24.2 Å².